The van der Waals surface area contributed by atoms with Crippen LogP contribution in [0.5, 0.6) is 5.75 Å². The van der Waals surface area contributed by atoms with Crippen LogP contribution in [-0.4, -0.2) is 55.1 Å². The van der Waals surface area contributed by atoms with Crippen LogP contribution in [0.2, 0.25) is 0 Å². The molecular weight excluding hydrogens is 476 g/mol. The van der Waals surface area contributed by atoms with Crippen molar-refractivity contribution in [1.29, 1.82) is 0 Å². The minimum atomic E-state index is -1.90. The van der Waals surface area contributed by atoms with Gasteiger partial charge in [0, 0.05) is 44.0 Å². The molecule has 0 bridgehead atoms. The monoisotopic (exact) mass is 498 g/mol. The van der Waals surface area contributed by atoms with E-state index in [9.17, 15) is 27.2 Å². The molecule has 0 unspecified atom stereocenters. The molecule has 0 saturated carbocycles. The summed E-state index contributed by atoms with van der Waals surface area (Å²) in [5.74, 6) is -10.1. The fourth-order valence-electron chi connectivity index (χ4n) is 3.51. The van der Waals surface area contributed by atoms with E-state index in [-0.39, 0.29) is 11.0 Å². The number of piperazine rings is 1. The van der Waals surface area contributed by atoms with E-state index in [1.165, 1.54) is 0 Å². The van der Waals surface area contributed by atoms with Crippen molar-refractivity contribution in [1.82, 2.24) is 10.2 Å². The van der Waals surface area contributed by atoms with E-state index in [4.69, 9.17) is 12.2 Å². The number of nitrogens with zero attached hydrogens (tertiary/aromatic N) is 2. The first kappa shape index (κ1) is 25.2. The number of rotatable bonds is 5. The third kappa shape index (κ3) is 5.22. The van der Waals surface area contributed by atoms with Crippen molar-refractivity contribution < 1.29 is 31.9 Å². The van der Waals surface area contributed by atoms with Gasteiger partial charge < -0.3 is 19.9 Å². The first-order valence-corrected chi connectivity index (χ1v) is 10.7. The predicted molar refractivity (Wildman–Crippen MR) is 122 cm³/mol. The molecule has 2 aromatic carbocycles. The zero-order valence-corrected chi connectivity index (χ0v) is 19.2. The van der Waals surface area contributed by atoms with Gasteiger partial charge in [-0.05, 0) is 36.5 Å². The summed E-state index contributed by atoms with van der Waals surface area (Å²) in [4.78, 5) is 27.9. The topological polar surface area (TPSA) is 73.9 Å². The molecule has 0 aromatic heterocycles. The number of anilines is 2. The number of hydrogen-bond donors (Lipinski definition) is 2. The molecule has 12 heteroatoms. The van der Waals surface area contributed by atoms with Crippen molar-refractivity contribution in [3.63, 3.8) is 0 Å². The average Bonchev–Trinajstić information content (AvgIpc) is 2.83. The van der Waals surface area contributed by atoms with Crippen molar-refractivity contribution in [3.8, 4) is 5.75 Å². The van der Waals surface area contributed by atoms with Crippen molar-refractivity contribution >= 4 is 40.5 Å². The highest BCUT2D eigenvalue weighted by Crippen LogP contribution is 2.29. The van der Waals surface area contributed by atoms with Crippen LogP contribution in [0.4, 0.5) is 28.9 Å². The van der Waals surface area contributed by atoms with Gasteiger partial charge in [0.25, 0.3) is 5.91 Å². The fraction of sp³-hybridized carbons (Fsp3) is 0.318. The van der Waals surface area contributed by atoms with Crippen LogP contribution in [-0.2, 0) is 4.79 Å². The molecule has 2 N–H and O–H groups in total. The zero-order valence-electron chi connectivity index (χ0n) is 18.4. The second-order valence-electron chi connectivity index (χ2n) is 7.34. The van der Waals surface area contributed by atoms with E-state index in [1.807, 2.05) is 17.1 Å². The summed E-state index contributed by atoms with van der Waals surface area (Å²) in [7, 11) is 0.831. The Morgan fingerprint density at radius 3 is 2.03 bits per heavy atom. The quantitative estimate of drug-likeness (QED) is 0.374. The molecule has 1 fully saturated rings. The molecule has 34 heavy (non-hydrogen) atoms. The number of hydrogen-bond acceptors (Lipinski definition) is 5. The third-order valence-electron chi connectivity index (χ3n) is 5.31. The second kappa shape index (κ2) is 10.7. The number of amides is 2. The molecule has 3 rings (SSSR count). The summed E-state index contributed by atoms with van der Waals surface area (Å²) in [6, 6.07) is 6.95. The van der Waals surface area contributed by atoms with Gasteiger partial charge in [0.1, 0.15) is 5.56 Å². The highest BCUT2D eigenvalue weighted by molar-refractivity contribution is 7.80. The molecular formula is C22H22F4N4O3S. The number of benzene rings is 2. The van der Waals surface area contributed by atoms with Gasteiger partial charge in [0.15, 0.2) is 22.5 Å². The van der Waals surface area contributed by atoms with Crippen molar-refractivity contribution in [2.24, 2.45) is 0 Å². The number of carbonyl (C=O) groups is 2. The van der Waals surface area contributed by atoms with Gasteiger partial charge in [0.2, 0.25) is 17.5 Å². The molecule has 1 heterocycles. The summed E-state index contributed by atoms with van der Waals surface area (Å²) in [6.07, 6.45) is 0.471. The van der Waals surface area contributed by atoms with E-state index in [0.717, 1.165) is 12.8 Å². The highest BCUT2D eigenvalue weighted by atomic mass is 32.1. The van der Waals surface area contributed by atoms with E-state index in [2.05, 4.69) is 15.0 Å². The van der Waals surface area contributed by atoms with Gasteiger partial charge in [-0.15, -0.1) is 0 Å². The molecule has 0 radical (unpaired) electrons. The SMILES string of the molecule is CCC(=O)N1CCN(c2ccc(NC(=S)NC(=O)c3c(F)c(F)c(OC)c(F)c3F)cc2)CC1. The largest absolute Gasteiger partial charge is 0.491 e. The molecule has 2 amide bonds. The van der Waals surface area contributed by atoms with Crippen LogP contribution in [0.3, 0.4) is 0 Å². The van der Waals surface area contributed by atoms with Gasteiger partial charge in [-0.25, -0.2) is 8.78 Å². The number of halogens is 4. The van der Waals surface area contributed by atoms with Crippen LogP contribution in [0.25, 0.3) is 0 Å². The first-order valence-electron chi connectivity index (χ1n) is 10.3. The van der Waals surface area contributed by atoms with E-state index < -0.39 is 40.5 Å². The van der Waals surface area contributed by atoms with E-state index in [0.29, 0.717) is 38.3 Å². The lowest BCUT2D eigenvalue weighted by molar-refractivity contribution is -0.131. The lowest BCUT2D eigenvalue weighted by Crippen LogP contribution is -2.48. The molecule has 1 aliphatic rings. The lowest BCUT2D eigenvalue weighted by atomic mass is 10.1. The zero-order chi connectivity index (χ0) is 25.0. The first-order chi connectivity index (χ1) is 16.2. The Labute approximate surface area is 198 Å². The normalized spacial score (nSPS) is 13.5. The summed E-state index contributed by atoms with van der Waals surface area (Å²) >= 11 is 4.97. The molecule has 1 saturated heterocycles. The molecule has 0 atom stereocenters. The van der Waals surface area contributed by atoms with Crippen LogP contribution in [0.1, 0.15) is 23.7 Å². The Hall–Kier alpha value is -3.41. The van der Waals surface area contributed by atoms with Gasteiger partial charge >= 0.3 is 0 Å². The minimum Gasteiger partial charge on any atom is -0.491 e. The van der Waals surface area contributed by atoms with Crippen molar-refractivity contribution in [3.05, 3.63) is 53.1 Å². The van der Waals surface area contributed by atoms with Crippen LogP contribution in [0, 0.1) is 23.3 Å². The number of carbonyl (C=O) groups excluding carboxylic acids is 2. The van der Waals surface area contributed by atoms with Crippen molar-refractivity contribution in [2.45, 2.75) is 13.3 Å². The number of ether oxygens (including phenoxy) is 1. The average molecular weight is 499 g/mol. The molecule has 0 aliphatic carbocycles. The maximum atomic E-state index is 14.1. The number of nitrogens with one attached hydrogen (secondary N) is 2. The summed E-state index contributed by atoms with van der Waals surface area (Å²) < 4.78 is 60.2. The molecule has 2 aromatic rings. The summed E-state index contributed by atoms with van der Waals surface area (Å²) in [5.41, 5.74) is -0.0877. The standard InChI is InChI=1S/C22H22F4N4O3S/c1-3-14(31)30-10-8-29(9-11-30)13-6-4-12(5-7-13)27-22(34)28-21(32)15-16(23)18(25)20(33-2)19(26)17(15)24/h4-7H,3,8-11H2,1-2H3,(H2,27,28,32,34). The molecule has 182 valence electrons. The van der Waals surface area contributed by atoms with Crippen molar-refractivity contribution in [2.75, 3.05) is 43.5 Å². The molecule has 7 nitrogen and oxygen atoms in total. The Morgan fingerprint density at radius 1 is 0.971 bits per heavy atom. The minimum absolute atomic E-state index is 0.120. The Bertz CT molecular complexity index is 1080. The van der Waals surface area contributed by atoms with E-state index in [1.54, 1.807) is 24.3 Å². The van der Waals surface area contributed by atoms with E-state index >= 15 is 0 Å². The summed E-state index contributed by atoms with van der Waals surface area (Å²) in [5, 5.41) is 4.33. The third-order valence-corrected chi connectivity index (χ3v) is 5.51. The molecule has 1 aliphatic heterocycles. The number of thiocarbonyl (C=S) groups is 1. The second-order valence-corrected chi connectivity index (χ2v) is 7.75. The maximum Gasteiger partial charge on any atom is 0.263 e. The maximum absolute atomic E-state index is 14.1. The summed E-state index contributed by atoms with van der Waals surface area (Å²) in [6.45, 7) is 4.44. The lowest BCUT2D eigenvalue weighted by Gasteiger charge is -2.36. The Morgan fingerprint density at radius 2 is 1.53 bits per heavy atom. The molecule has 0 spiro atoms. The predicted octanol–water partition coefficient (Wildman–Crippen LogP) is 3.44. The Kier molecular flexibility index (Phi) is 7.92. The number of methoxy groups -OCH3 is 1. The highest BCUT2D eigenvalue weighted by Gasteiger charge is 2.30. The smallest absolute Gasteiger partial charge is 0.263 e. The van der Waals surface area contributed by atoms with Crippen LogP contribution in [0.15, 0.2) is 24.3 Å². The van der Waals surface area contributed by atoms with Gasteiger partial charge in [0.05, 0.1) is 7.11 Å². The van der Waals surface area contributed by atoms with Gasteiger partial charge in [-0.2, -0.15) is 8.78 Å². The Balaban J connectivity index is 1.62. The van der Waals surface area contributed by atoms with Gasteiger partial charge in [-0.1, -0.05) is 6.92 Å². The van der Waals surface area contributed by atoms with Gasteiger partial charge in [-0.3, -0.25) is 14.9 Å². The van der Waals surface area contributed by atoms with Crippen LogP contribution < -0.4 is 20.3 Å². The fourth-order valence-corrected chi connectivity index (χ4v) is 3.72. The van der Waals surface area contributed by atoms with Crippen LogP contribution >= 0.6 is 12.2 Å².